The van der Waals surface area contributed by atoms with Gasteiger partial charge in [-0.15, -0.1) is 11.3 Å². The summed E-state index contributed by atoms with van der Waals surface area (Å²) in [5.74, 6) is 0.166. The minimum atomic E-state index is -0.694. The largest absolute Gasteiger partial charge is 0.378 e. The molecule has 0 atom stereocenters. The van der Waals surface area contributed by atoms with Crippen LogP contribution in [0.3, 0.4) is 0 Å². The first-order valence-corrected chi connectivity index (χ1v) is 14.6. The van der Waals surface area contributed by atoms with Crippen LogP contribution < -0.4 is 15.8 Å². The van der Waals surface area contributed by atoms with Crippen LogP contribution >= 0.6 is 22.9 Å². The normalized spacial score (nSPS) is 13.8. The lowest BCUT2D eigenvalue weighted by Gasteiger charge is -2.30. The lowest BCUT2D eigenvalue weighted by atomic mass is 9.96. The summed E-state index contributed by atoms with van der Waals surface area (Å²) in [5.41, 5.74) is 1.33. The molecule has 1 saturated heterocycles. The zero-order valence-corrected chi connectivity index (χ0v) is 24.8. The fourth-order valence-electron chi connectivity index (χ4n) is 4.55. The molecular formula is C30H32ClN5O4S. The summed E-state index contributed by atoms with van der Waals surface area (Å²) in [6.45, 7) is 8.18. The number of carbonyl (C=O) groups excluding carboxylic acids is 2. The van der Waals surface area contributed by atoms with Crippen molar-refractivity contribution in [1.82, 2.24) is 14.3 Å². The number of nitrogens with zero attached hydrogens (tertiary/aromatic N) is 4. The number of morpholine rings is 1. The molecule has 1 N–H and O–H groups in total. The van der Waals surface area contributed by atoms with Gasteiger partial charge in [0.05, 0.1) is 42.0 Å². The van der Waals surface area contributed by atoms with Crippen molar-refractivity contribution in [3.8, 4) is 11.3 Å². The predicted octanol–water partition coefficient (Wildman–Crippen LogP) is 5.44. The van der Waals surface area contributed by atoms with E-state index in [0.29, 0.717) is 59.8 Å². The fourth-order valence-corrected chi connectivity index (χ4v) is 5.58. The lowest BCUT2D eigenvalue weighted by Crippen LogP contribution is -2.37. The molecule has 0 aliphatic carbocycles. The molecule has 0 amide bonds. The number of ketones is 1. The van der Waals surface area contributed by atoms with E-state index in [-0.39, 0.29) is 23.8 Å². The van der Waals surface area contributed by atoms with Crippen LogP contribution in [0.2, 0.25) is 4.34 Å². The number of aromatic nitrogens is 3. The van der Waals surface area contributed by atoms with Crippen molar-refractivity contribution in [1.29, 1.82) is 0 Å². The second kappa shape index (κ2) is 12.0. The topological polar surface area (TPSA) is 98.5 Å². The Kier molecular flexibility index (Phi) is 8.44. The van der Waals surface area contributed by atoms with E-state index in [0.717, 1.165) is 10.6 Å². The van der Waals surface area contributed by atoms with Crippen LogP contribution in [0.4, 0.5) is 11.5 Å². The molecule has 0 spiro atoms. The summed E-state index contributed by atoms with van der Waals surface area (Å²) in [7, 11) is 0. The quantitative estimate of drug-likeness (QED) is 0.271. The number of Topliss-reactive ketones (excluding diaryl/α,β-unsaturated/α-hetero) is 1. The zero-order valence-electron chi connectivity index (χ0n) is 23.2. The Morgan fingerprint density at radius 2 is 1.80 bits per heavy atom. The molecule has 1 aliphatic heterocycles. The Labute approximate surface area is 247 Å². The molecule has 1 aromatic carbocycles. The predicted molar refractivity (Wildman–Crippen MR) is 162 cm³/mol. The lowest BCUT2D eigenvalue weighted by molar-refractivity contribution is 0.0752. The van der Waals surface area contributed by atoms with Gasteiger partial charge in [0.2, 0.25) is 0 Å². The summed E-state index contributed by atoms with van der Waals surface area (Å²) >= 11 is 7.56. The molecule has 0 radical (unpaired) electrons. The van der Waals surface area contributed by atoms with Gasteiger partial charge in [0, 0.05) is 52.8 Å². The van der Waals surface area contributed by atoms with Gasteiger partial charge in [0.1, 0.15) is 5.82 Å². The van der Waals surface area contributed by atoms with E-state index in [9.17, 15) is 14.4 Å². The number of benzene rings is 1. The van der Waals surface area contributed by atoms with Crippen LogP contribution in [0, 0.1) is 5.41 Å². The highest BCUT2D eigenvalue weighted by Crippen LogP contribution is 2.33. The van der Waals surface area contributed by atoms with Crippen LogP contribution in [-0.2, 0) is 17.8 Å². The number of ether oxygens (including phenoxy) is 1. The Morgan fingerprint density at radius 1 is 1.07 bits per heavy atom. The summed E-state index contributed by atoms with van der Waals surface area (Å²) in [6, 6.07) is 16.0. The van der Waals surface area contributed by atoms with E-state index >= 15 is 0 Å². The van der Waals surface area contributed by atoms with E-state index in [4.69, 9.17) is 21.4 Å². The molecule has 11 heteroatoms. The third-order valence-corrected chi connectivity index (χ3v) is 7.99. The molecule has 1 aliphatic rings. The minimum Gasteiger partial charge on any atom is -0.378 e. The highest BCUT2D eigenvalue weighted by Gasteiger charge is 2.28. The van der Waals surface area contributed by atoms with Crippen molar-refractivity contribution in [2.24, 2.45) is 5.41 Å². The molecule has 5 rings (SSSR count). The number of pyridine rings is 1. The van der Waals surface area contributed by atoms with E-state index in [2.05, 4.69) is 10.2 Å². The van der Waals surface area contributed by atoms with Crippen molar-refractivity contribution in [3.05, 3.63) is 85.9 Å². The van der Waals surface area contributed by atoms with Gasteiger partial charge < -0.3 is 19.5 Å². The smallest absolute Gasteiger partial charge is 0.254 e. The molecule has 0 saturated carbocycles. The minimum absolute atomic E-state index is 0.0897. The zero-order chi connectivity index (χ0) is 29.1. The fraction of sp³-hybridized carbons (Fsp3) is 0.333. The number of rotatable bonds is 8. The van der Waals surface area contributed by atoms with E-state index < -0.39 is 5.41 Å². The molecule has 0 unspecified atom stereocenters. The molecule has 41 heavy (non-hydrogen) atoms. The standard InChI is InChI=1S/C30H32ClN5O4S/c1-30(2,3)29(39)36-27(32-17-21-9-10-26(31)41-21)16-23(33-36)22-15-28(38)35(18-24(22)34-11-13-40-14-12-34)19-25(37)20-7-5-4-6-8-20/h4-10,15-16,18,32H,11-14,17,19H2,1-3H3. The summed E-state index contributed by atoms with van der Waals surface area (Å²) in [4.78, 5) is 42.9. The van der Waals surface area contributed by atoms with Crippen molar-refractivity contribution in [3.63, 3.8) is 0 Å². The van der Waals surface area contributed by atoms with Crippen LogP contribution in [-0.4, -0.2) is 52.3 Å². The molecule has 1 fully saturated rings. The maximum Gasteiger partial charge on any atom is 0.254 e. The molecule has 0 bridgehead atoms. The Hall–Kier alpha value is -3.73. The maximum absolute atomic E-state index is 13.4. The summed E-state index contributed by atoms with van der Waals surface area (Å²) in [5, 5.41) is 8.03. The Bertz CT molecular complexity index is 1610. The number of carbonyl (C=O) groups is 2. The van der Waals surface area contributed by atoms with E-state index in [1.54, 1.807) is 36.5 Å². The average Bonchev–Trinajstić information content (AvgIpc) is 3.58. The molecule has 3 aromatic heterocycles. The second-order valence-corrected chi connectivity index (χ2v) is 12.7. The van der Waals surface area contributed by atoms with Gasteiger partial charge in [0.25, 0.3) is 11.5 Å². The molecule has 9 nitrogen and oxygen atoms in total. The van der Waals surface area contributed by atoms with Gasteiger partial charge >= 0.3 is 0 Å². The van der Waals surface area contributed by atoms with Crippen molar-refractivity contribution in [2.45, 2.75) is 33.9 Å². The number of halogens is 1. The average molecular weight is 594 g/mol. The van der Waals surface area contributed by atoms with Crippen LogP contribution in [0.5, 0.6) is 0 Å². The van der Waals surface area contributed by atoms with Crippen molar-refractivity contribution >= 4 is 46.1 Å². The van der Waals surface area contributed by atoms with Gasteiger partial charge in [-0.1, -0.05) is 62.7 Å². The molecule has 214 valence electrons. The number of hydrogen-bond acceptors (Lipinski definition) is 8. The number of hydrogen-bond donors (Lipinski definition) is 1. The van der Waals surface area contributed by atoms with Crippen LogP contribution in [0.15, 0.2) is 65.6 Å². The highest BCUT2D eigenvalue weighted by atomic mass is 35.5. The number of anilines is 2. The van der Waals surface area contributed by atoms with Crippen LogP contribution in [0.1, 0.15) is 40.8 Å². The number of thiophene rings is 1. The summed E-state index contributed by atoms with van der Waals surface area (Å²) in [6.07, 6.45) is 1.72. The molecule has 4 heterocycles. The van der Waals surface area contributed by atoms with E-state index in [1.807, 2.05) is 39.0 Å². The van der Waals surface area contributed by atoms with Gasteiger partial charge in [-0.05, 0) is 12.1 Å². The first-order valence-electron chi connectivity index (χ1n) is 13.4. The monoisotopic (exact) mass is 593 g/mol. The van der Waals surface area contributed by atoms with Crippen LogP contribution in [0.25, 0.3) is 11.3 Å². The SMILES string of the molecule is CC(C)(C)C(=O)n1nc(-c2cc(=O)n(CC(=O)c3ccccc3)cc2N2CCOCC2)cc1NCc1ccc(Cl)s1. The number of nitrogens with one attached hydrogen (secondary N) is 1. The first kappa shape index (κ1) is 28.8. The van der Waals surface area contributed by atoms with Gasteiger partial charge in [-0.3, -0.25) is 14.4 Å². The highest BCUT2D eigenvalue weighted by molar-refractivity contribution is 7.16. The van der Waals surface area contributed by atoms with Gasteiger partial charge in [0.15, 0.2) is 5.78 Å². The molecule has 4 aromatic rings. The maximum atomic E-state index is 13.4. The Balaban J connectivity index is 1.56. The third-order valence-electron chi connectivity index (χ3n) is 6.76. The van der Waals surface area contributed by atoms with Gasteiger partial charge in [-0.2, -0.15) is 9.78 Å². The first-order chi connectivity index (χ1) is 19.6. The van der Waals surface area contributed by atoms with Crippen molar-refractivity contribution in [2.75, 3.05) is 36.5 Å². The van der Waals surface area contributed by atoms with Gasteiger partial charge in [-0.25, -0.2) is 0 Å². The molecular weight excluding hydrogens is 562 g/mol. The summed E-state index contributed by atoms with van der Waals surface area (Å²) < 4.78 is 9.05. The Morgan fingerprint density at radius 3 is 2.46 bits per heavy atom. The second-order valence-electron chi connectivity index (χ2n) is 10.9. The van der Waals surface area contributed by atoms with Crippen molar-refractivity contribution < 1.29 is 14.3 Å². The third kappa shape index (κ3) is 6.61. The van der Waals surface area contributed by atoms with E-state index in [1.165, 1.54) is 26.7 Å².